The largest absolute Gasteiger partial charge is 0.467 e. The van der Waals surface area contributed by atoms with E-state index in [0.717, 1.165) is 0 Å². The van der Waals surface area contributed by atoms with Crippen LogP contribution < -0.4 is 5.73 Å². The number of benzene rings is 1. The van der Waals surface area contributed by atoms with E-state index in [9.17, 15) is 9.18 Å². The number of ether oxygens (including phenoxy) is 1. The van der Waals surface area contributed by atoms with Gasteiger partial charge in [0.25, 0.3) is 6.47 Å². The summed E-state index contributed by atoms with van der Waals surface area (Å²) < 4.78 is 18.4. The number of likely N-dealkylation sites (N-methyl/N-ethyl adjacent to an activating group) is 1. The molecule has 0 fully saturated rings. The van der Waals surface area contributed by atoms with Crippen molar-refractivity contribution in [1.82, 2.24) is 4.90 Å². The number of carbonyl (C=O) groups is 1. The normalized spacial score (nSPS) is 10.6. The molecule has 1 aromatic carbocycles. The Kier molecular flexibility index (Phi) is 5.59. The number of nitrogens with zero attached hydrogens (tertiary/aromatic N) is 1. The zero-order valence-corrected chi connectivity index (χ0v) is 9.86. The maximum absolute atomic E-state index is 13.8. The van der Waals surface area contributed by atoms with Gasteiger partial charge in [-0.1, -0.05) is 18.2 Å². The number of halogens is 1. The lowest BCUT2D eigenvalue weighted by atomic mass is 10.1. The second-order valence-electron chi connectivity index (χ2n) is 3.80. The van der Waals surface area contributed by atoms with E-state index in [1.807, 2.05) is 11.9 Å². The molecule has 0 heterocycles. The Morgan fingerprint density at radius 1 is 1.47 bits per heavy atom. The molecule has 0 aliphatic rings. The Labute approximate surface area is 100 Å². The molecule has 0 amide bonds. The molecule has 0 spiro atoms. The van der Waals surface area contributed by atoms with Gasteiger partial charge in [0.15, 0.2) is 0 Å². The summed E-state index contributed by atoms with van der Waals surface area (Å²) in [4.78, 5) is 11.8. The Morgan fingerprint density at radius 3 is 2.82 bits per heavy atom. The number of nitrogens with two attached hydrogens (primary N) is 1. The molecule has 0 aliphatic carbocycles. The molecule has 0 saturated heterocycles. The van der Waals surface area contributed by atoms with Crippen LogP contribution in [0.25, 0.3) is 0 Å². The van der Waals surface area contributed by atoms with Gasteiger partial charge in [-0.25, -0.2) is 4.39 Å². The van der Waals surface area contributed by atoms with E-state index in [1.165, 1.54) is 0 Å². The molecular weight excluding hydrogens is 223 g/mol. The highest BCUT2D eigenvalue weighted by atomic mass is 19.1. The summed E-state index contributed by atoms with van der Waals surface area (Å²) in [5.74, 6) is -0.252. The molecule has 1 rings (SSSR count). The fraction of sp³-hybridized carbons (Fsp3) is 0.417. The number of carbonyl (C=O) groups excluding carboxylic acids is 1. The lowest BCUT2D eigenvalue weighted by Gasteiger charge is -2.17. The van der Waals surface area contributed by atoms with Gasteiger partial charge in [0.05, 0.1) is 0 Å². The maximum atomic E-state index is 13.8. The van der Waals surface area contributed by atoms with E-state index in [0.29, 0.717) is 37.3 Å². The third-order valence-corrected chi connectivity index (χ3v) is 2.48. The second-order valence-corrected chi connectivity index (χ2v) is 3.80. The molecule has 0 unspecified atom stereocenters. The summed E-state index contributed by atoms with van der Waals surface area (Å²) in [5, 5.41) is 0. The van der Waals surface area contributed by atoms with Crippen LogP contribution in [0, 0.1) is 5.82 Å². The third kappa shape index (κ3) is 4.13. The highest BCUT2D eigenvalue weighted by Gasteiger charge is 2.08. The van der Waals surface area contributed by atoms with E-state index in [-0.39, 0.29) is 12.4 Å². The topological polar surface area (TPSA) is 55.6 Å². The first-order chi connectivity index (χ1) is 8.19. The standard InChI is InChI=1S/C12H17FN2O2/c1-15(5-6-17-9-16)8-11-4-2-3-10(7-14)12(11)13/h2-4,9H,5-8,14H2,1H3. The molecule has 94 valence electrons. The van der Waals surface area contributed by atoms with Gasteiger partial charge in [-0.15, -0.1) is 0 Å². The Bertz CT molecular complexity index is 372. The van der Waals surface area contributed by atoms with Crippen molar-refractivity contribution in [3.05, 3.63) is 35.1 Å². The molecule has 0 radical (unpaired) electrons. The van der Waals surface area contributed by atoms with Crippen LogP contribution in [0.2, 0.25) is 0 Å². The molecule has 2 N–H and O–H groups in total. The quantitative estimate of drug-likeness (QED) is 0.568. The van der Waals surface area contributed by atoms with Crippen LogP contribution in [0.5, 0.6) is 0 Å². The Hall–Kier alpha value is -1.46. The van der Waals surface area contributed by atoms with Crippen LogP contribution >= 0.6 is 0 Å². The first kappa shape index (κ1) is 13.6. The first-order valence-electron chi connectivity index (χ1n) is 5.39. The van der Waals surface area contributed by atoms with Gasteiger partial charge >= 0.3 is 0 Å². The van der Waals surface area contributed by atoms with Gasteiger partial charge in [-0.2, -0.15) is 0 Å². The number of hydrogen-bond acceptors (Lipinski definition) is 4. The molecule has 0 saturated carbocycles. The third-order valence-electron chi connectivity index (χ3n) is 2.48. The van der Waals surface area contributed by atoms with Gasteiger partial charge in [0.2, 0.25) is 0 Å². The van der Waals surface area contributed by atoms with Crippen molar-refractivity contribution >= 4 is 6.47 Å². The van der Waals surface area contributed by atoms with E-state index in [2.05, 4.69) is 4.74 Å². The zero-order valence-electron chi connectivity index (χ0n) is 9.86. The lowest BCUT2D eigenvalue weighted by molar-refractivity contribution is -0.129. The summed E-state index contributed by atoms with van der Waals surface area (Å²) in [6, 6.07) is 5.19. The van der Waals surface area contributed by atoms with Gasteiger partial charge in [-0.3, -0.25) is 9.69 Å². The molecule has 4 nitrogen and oxygen atoms in total. The fourth-order valence-electron chi connectivity index (χ4n) is 1.54. The van der Waals surface area contributed by atoms with Gasteiger partial charge in [0, 0.05) is 30.8 Å². The number of hydrogen-bond donors (Lipinski definition) is 1. The minimum absolute atomic E-state index is 0.192. The van der Waals surface area contributed by atoms with Crippen LogP contribution in [-0.2, 0) is 22.6 Å². The van der Waals surface area contributed by atoms with Crippen LogP contribution in [0.4, 0.5) is 4.39 Å². The lowest BCUT2D eigenvalue weighted by Crippen LogP contribution is -2.23. The van der Waals surface area contributed by atoms with Crippen molar-refractivity contribution in [2.24, 2.45) is 5.73 Å². The minimum atomic E-state index is -0.252. The molecular formula is C12H17FN2O2. The second kappa shape index (κ2) is 6.98. The van der Waals surface area contributed by atoms with Crippen molar-refractivity contribution in [1.29, 1.82) is 0 Å². The van der Waals surface area contributed by atoms with Crippen LogP contribution in [0.3, 0.4) is 0 Å². The molecule has 5 heteroatoms. The van der Waals surface area contributed by atoms with E-state index in [4.69, 9.17) is 5.73 Å². The van der Waals surface area contributed by atoms with E-state index >= 15 is 0 Å². The highest BCUT2D eigenvalue weighted by Crippen LogP contribution is 2.13. The summed E-state index contributed by atoms with van der Waals surface area (Å²) in [7, 11) is 1.84. The zero-order chi connectivity index (χ0) is 12.7. The molecule has 0 bridgehead atoms. The average molecular weight is 240 g/mol. The van der Waals surface area contributed by atoms with Crippen molar-refractivity contribution < 1.29 is 13.9 Å². The van der Waals surface area contributed by atoms with E-state index < -0.39 is 0 Å². The van der Waals surface area contributed by atoms with Crippen molar-refractivity contribution in [2.75, 3.05) is 20.2 Å². The van der Waals surface area contributed by atoms with Crippen LogP contribution in [0.15, 0.2) is 18.2 Å². The monoisotopic (exact) mass is 240 g/mol. The minimum Gasteiger partial charge on any atom is -0.467 e. The average Bonchev–Trinajstić information content (AvgIpc) is 2.32. The summed E-state index contributed by atoms with van der Waals surface area (Å²) in [6.07, 6.45) is 0. The summed E-state index contributed by atoms with van der Waals surface area (Å²) in [6.45, 7) is 1.92. The SMILES string of the molecule is CN(CCOC=O)Cc1cccc(CN)c1F. The highest BCUT2D eigenvalue weighted by molar-refractivity contribution is 5.36. The number of rotatable bonds is 7. The van der Waals surface area contributed by atoms with Gasteiger partial charge in [-0.05, 0) is 7.05 Å². The molecule has 1 aromatic rings. The summed E-state index contributed by atoms with van der Waals surface area (Å²) in [5.41, 5.74) is 6.55. The fourth-order valence-corrected chi connectivity index (χ4v) is 1.54. The van der Waals surface area contributed by atoms with Crippen LogP contribution in [-0.4, -0.2) is 31.6 Å². The molecule has 17 heavy (non-hydrogen) atoms. The summed E-state index contributed by atoms with van der Waals surface area (Å²) >= 11 is 0. The van der Waals surface area contributed by atoms with Crippen molar-refractivity contribution in [2.45, 2.75) is 13.1 Å². The predicted octanol–water partition coefficient (Wildman–Crippen LogP) is 0.889. The predicted molar refractivity (Wildman–Crippen MR) is 62.6 cm³/mol. The van der Waals surface area contributed by atoms with Gasteiger partial charge in [0.1, 0.15) is 12.4 Å². The molecule has 0 atom stereocenters. The van der Waals surface area contributed by atoms with Crippen LogP contribution in [0.1, 0.15) is 11.1 Å². The first-order valence-corrected chi connectivity index (χ1v) is 5.39. The maximum Gasteiger partial charge on any atom is 0.293 e. The van der Waals surface area contributed by atoms with Crippen molar-refractivity contribution in [3.8, 4) is 0 Å². The smallest absolute Gasteiger partial charge is 0.293 e. The van der Waals surface area contributed by atoms with Gasteiger partial charge < -0.3 is 10.5 Å². The van der Waals surface area contributed by atoms with E-state index in [1.54, 1.807) is 18.2 Å². The molecule has 0 aliphatic heterocycles. The Balaban J connectivity index is 2.58. The molecule has 0 aromatic heterocycles. The van der Waals surface area contributed by atoms with Crippen molar-refractivity contribution in [3.63, 3.8) is 0 Å². The Morgan fingerprint density at radius 2 is 2.18 bits per heavy atom.